The molecule has 0 fully saturated rings. The van der Waals surface area contributed by atoms with Crippen LogP contribution in [-0.4, -0.2) is 24.9 Å². The van der Waals surface area contributed by atoms with E-state index in [-0.39, 0.29) is 10.8 Å². The Kier molecular flexibility index (Phi) is 9.82. The smallest absolute Gasteiger partial charge is 0.324 e. The van der Waals surface area contributed by atoms with E-state index in [0.29, 0.717) is 11.5 Å². The van der Waals surface area contributed by atoms with Gasteiger partial charge >= 0.3 is 8.60 Å². The van der Waals surface area contributed by atoms with Crippen molar-refractivity contribution in [2.24, 2.45) is 0 Å². The number of phenolic OH excluding ortho intramolecular Hbond substituents is 2. The molecule has 0 aliphatic rings. The fraction of sp³-hybridized carbons (Fsp3) is 0.400. The molecule has 0 aliphatic carbocycles. The molecule has 2 aromatic rings. The van der Waals surface area contributed by atoms with Crippen molar-refractivity contribution in [2.45, 2.75) is 52.4 Å². The molecule has 5 N–H and O–H groups in total. The van der Waals surface area contributed by atoms with Crippen molar-refractivity contribution in [1.29, 1.82) is 0 Å². The average molecular weight is 382 g/mol. The van der Waals surface area contributed by atoms with Gasteiger partial charge in [-0.25, -0.2) is 0 Å². The third-order valence-corrected chi connectivity index (χ3v) is 3.47. The Morgan fingerprint density at radius 2 is 0.731 bits per heavy atom. The van der Waals surface area contributed by atoms with E-state index in [1.165, 1.54) is 11.1 Å². The van der Waals surface area contributed by atoms with Crippen LogP contribution in [0.25, 0.3) is 0 Å². The highest BCUT2D eigenvalue weighted by molar-refractivity contribution is 7.38. The SMILES string of the molecule is CC(C)(C)c1ccc(O)cc1.CC(C)(C)c1ccc(O)cc1.OP(O)O. The Balaban J connectivity index is 0.000000401. The minimum absolute atomic E-state index is 0.174. The molecule has 0 unspecified atom stereocenters. The maximum Gasteiger partial charge on any atom is 0.324 e. The molecule has 6 heteroatoms. The Morgan fingerprint density at radius 3 is 0.885 bits per heavy atom. The second-order valence-corrected chi connectivity index (χ2v) is 8.40. The molecule has 146 valence electrons. The molecule has 0 saturated carbocycles. The van der Waals surface area contributed by atoms with Gasteiger partial charge in [-0.15, -0.1) is 0 Å². The first-order valence-electron chi connectivity index (χ1n) is 8.19. The van der Waals surface area contributed by atoms with Crippen LogP contribution in [-0.2, 0) is 10.8 Å². The zero-order chi connectivity index (χ0) is 20.5. The van der Waals surface area contributed by atoms with Gasteiger partial charge in [0.1, 0.15) is 11.5 Å². The number of phenols is 2. The molecule has 0 spiro atoms. The lowest BCUT2D eigenvalue weighted by Crippen LogP contribution is -2.10. The first-order valence-corrected chi connectivity index (χ1v) is 9.39. The number of rotatable bonds is 0. The zero-order valence-corrected chi connectivity index (χ0v) is 17.2. The maximum atomic E-state index is 9.02. The number of hydrogen-bond donors (Lipinski definition) is 5. The van der Waals surface area contributed by atoms with Crippen LogP contribution in [0.4, 0.5) is 0 Å². The zero-order valence-electron chi connectivity index (χ0n) is 16.3. The second-order valence-electron chi connectivity index (χ2n) is 7.86. The van der Waals surface area contributed by atoms with Crippen LogP contribution in [0.2, 0.25) is 0 Å². The third kappa shape index (κ3) is 11.1. The minimum atomic E-state index is -2.62. The number of benzene rings is 2. The van der Waals surface area contributed by atoms with E-state index in [0.717, 1.165) is 0 Å². The maximum absolute atomic E-state index is 9.02. The van der Waals surface area contributed by atoms with Gasteiger partial charge < -0.3 is 24.9 Å². The summed E-state index contributed by atoms with van der Waals surface area (Å²) >= 11 is 0. The van der Waals surface area contributed by atoms with Crippen molar-refractivity contribution in [2.75, 3.05) is 0 Å². The molecular formula is C20H31O5P. The summed E-state index contributed by atoms with van der Waals surface area (Å²) in [5.74, 6) is 0.663. The molecule has 0 bridgehead atoms. The Hall–Kier alpha value is -1.65. The van der Waals surface area contributed by atoms with Crippen LogP contribution in [0, 0.1) is 0 Å². The van der Waals surface area contributed by atoms with Crippen LogP contribution in [0.1, 0.15) is 52.7 Å². The molecule has 0 heterocycles. The van der Waals surface area contributed by atoms with Gasteiger partial charge in [-0.2, -0.15) is 0 Å². The molecule has 0 atom stereocenters. The van der Waals surface area contributed by atoms with Crippen LogP contribution in [0.3, 0.4) is 0 Å². The predicted octanol–water partition coefficient (Wildman–Crippen LogP) is 4.57. The highest BCUT2D eigenvalue weighted by Crippen LogP contribution is 2.24. The van der Waals surface area contributed by atoms with Gasteiger partial charge in [0.05, 0.1) is 0 Å². The van der Waals surface area contributed by atoms with E-state index >= 15 is 0 Å². The van der Waals surface area contributed by atoms with E-state index in [1.54, 1.807) is 24.3 Å². The van der Waals surface area contributed by atoms with Crippen molar-refractivity contribution in [3.8, 4) is 11.5 Å². The normalized spacial score (nSPS) is 11.2. The number of aromatic hydroxyl groups is 2. The summed E-state index contributed by atoms with van der Waals surface area (Å²) in [6, 6.07) is 14.7. The summed E-state index contributed by atoms with van der Waals surface area (Å²) in [4.78, 5) is 21.7. The van der Waals surface area contributed by atoms with Gasteiger partial charge in [0.25, 0.3) is 0 Å². The molecule has 0 saturated heterocycles. The van der Waals surface area contributed by atoms with Crippen LogP contribution < -0.4 is 0 Å². The average Bonchev–Trinajstić information content (AvgIpc) is 2.46. The van der Waals surface area contributed by atoms with Crippen molar-refractivity contribution < 1.29 is 24.9 Å². The van der Waals surface area contributed by atoms with Gasteiger partial charge in [0.2, 0.25) is 0 Å². The summed E-state index contributed by atoms with van der Waals surface area (Å²) < 4.78 is 0. The van der Waals surface area contributed by atoms with Crippen molar-refractivity contribution in [3.63, 3.8) is 0 Å². The predicted molar refractivity (Wildman–Crippen MR) is 107 cm³/mol. The van der Waals surface area contributed by atoms with E-state index < -0.39 is 8.60 Å². The topological polar surface area (TPSA) is 101 Å². The standard InChI is InChI=1S/2C10H14O.H3O3P/c2*1-10(2,3)8-4-6-9(11)7-5-8;1-4(2)3/h2*4-7,11H,1-3H3;1-3H. The highest BCUT2D eigenvalue weighted by Gasteiger charge is 2.13. The van der Waals surface area contributed by atoms with Gasteiger partial charge in [-0.1, -0.05) is 65.8 Å². The molecule has 2 rings (SSSR count). The molecule has 26 heavy (non-hydrogen) atoms. The summed E-state index contributed by atoms with van der Waals surface area (Å²) in [5, 5.41) is 18.0. The van der Waals surface area contributed by atoms with Crippen LogP contribution in [0.15, 0.2) is 48.5 Å². The molecule has 0 aromatic heterocycles. The lowest BCUT2D eigenvalue weighted by molar-refractivity contribution is 0.368. The quantitative estimate of drug-likeness (QED) is 0.430. The third-order valence-electron chi connectivity index (χ3n) is 3.47. The summed E-state index contributed by atoms with van der Waals surface area (Å²) in [6.07, 6.45) is 0. The summed E-state index contributed by atoms with van der Waals surface area (Å²) in [5.41, 5.74) is 2.84. The highest BCUT2D eigenvalue weighted by atomic mass is 31.2. The van der Waals surface area contributed by atoms with Crippen molar-refractivity contribution in [3.05, 3.63) is 59.7 Å². The monoisotopic (exact) mass is 382 g/mol. The number of hydrogen-bond acceptors (Lipinski definition) is 5. The second kappa shape index (κ2) is 10.5. The summed E-state index contributed by atoms with van der Waals surface area (Å²) in [7, 11) is -2.62. The first kappa shape index (κ1) is 24.4. The molecule has 0 radical (unpaired) electrons. The van der Waals surface area contributed by atoms with E-state index in [2.05, 4.69) is 41.5 Å². The van der Waals surface area contributed by atoms with Crippen molar-refractivity contribution >= 4 is 8.60 Å². The lowest BCUT2D eigenvalue weighted by atomic mass is 9.87. The van der Waals surface area contributed by atoms with Gasteiger partial charge in [-0.3, -0.25) is 0 Å². The Morgan fingerprint density at radius 1 is 0.538 bits per heavy atom. The van der Waals surface area contributed by atoms with E-state index in [1.807, 2.05) is 24.3 Å². The Bertz CT molecular complexity index is 565. The van der Waals surface area contributed by atoms with Crippen LogP contribution >= 0.6 is 8.60 Å². The largest absolute Gasteiger partial charge is 0.508 e. The molecule has 2 aromatic carbocycles. The van der Waals surface area contributed by atoms with E-state index in [4.69, 9.17) is 24.9 Å². The van der Waals surface area contributed by atoms with Gasteiger partial charge in [-0.05, 0) is 46.2 Å². The Labute approximate surface area is 157 Å². The lowest BCUT2D eigenvalue weighted by Gasteiger charge is -2.18. The molecule has 0 amide bonds. The molecule has 0 aliphatic heterocycles. The fourth-order valence-corrected chi connectivity index (χ4v) is 1.92. The molecular weight excluding hydrogens is 351 g/mol. The fourth-order valence-electron chi connectivity index (χ4n) is 1.92. The molecule has 5 nitrogen and oxygen atoms in total. The van der Waals surface area contributed by atoms with Gasteiger partial charge in [0.15, 0.2) is 0 Å². The van der Waals surface area contributed by atoms with Gasteiger partial charge in [0, 0.05) is 0 Å². The van der Waals surface area contributed by atoms with Crippen molar-refractivity contribution in [1.82, 2.24) is 0 Å². The van der Waals surface area contributed by atoms with Crippen LogP contribution in [0.5, 0.6) is 11.5 Å². The summed E-state index contributed by atoms with van der Waals surface area (Å²) in [6.45, 7) is 12.9. The minimum Gasteiger partial charge on any atom is -0.508 e. The van der Waals surface area contributed by atoms with E-state index in [9.17, 15) is 0 Å². The first-order chi connectivity index (χ1) is 11.7.